The van der Waals surface area contributed by atoms with E-state index < -0.39 is 0 Å². The van der Waals surface area contributed by atoms with Gasteiger partial charge >= 0.3 is 0 Å². The summed E-state index contributed by atoms with van der Waals surface area (Å²) in [5.74, 6) is 1.68. The zero-order chi connectivity index (χ0) is 12.3. The molecule has 0 spiro atoms. The van der Waals surface area contributed by atoms with Crippen molar-refractivity contribution >= 4 is 5.78 Å². The van der Waals surface area contributed by atoms with Crippen molar-refractivity contribution in [2.45, 2.75) is 45.6 Å². The summed E-state index contributed by atoms with van der Waals surface area (Å²) in [5, 5.41) is 3.38. The van der Waals surface area contributed by atoms with Crippen LogP contribution in [0.5, 0.6) is 0 Å². The molecule has 2 fully saturated rings. The van der Waals surface area contributed by atoms with Crippen LogP contribution >= 0.6 is 0 Å². The average Bonchev–Trinajstić information content (AvgIpc) is 2.78. The van der Waals surface area contributed by atoms with Crippen molar-refractivity contribution in [1.29, 1.82) is 0 Å². The Morgan fingerprint density at radius 2 is 1.94 bits per heavy atom. The predicted octanol–water partition coefficient (Wildman–Crippen LogP) is 2.01. The van der Waals surface area contributed by atoms with Gasteiger partial charge in [-0.15, -0.1) is 0 Å². The number of nitrogens with one attached hydrogen (secondary N) is 1. The van der Waals surface area contributed by atoms with Crippen LogP contribution in [0.1, 0.15) is 39.5 Å². The summed E-state index contributed by atoms with van der Waals surface area (Å²) in [5.41, 5.74) is 0. The van der Waals surface area contributed by atoms with Crippen molar-refractivity contribution in [3.63, 3.8) is 0 Å². The van der Waals surface area contributed by atoms with Crippen LogP contribution in [0, 0.1) is 17.8 Å². The van der Waals surface area contributed by atoms with Gasteiger partial charge in [0.2, 0.25) is 0 Å². The largest absolute Gasteiger partial charge is 0.379 e. The SMILES string of the molecule is CCNC1COCC1C(=O)C1CCC(C)CC1. The highest BCUT2D eigenvalue weighted by Crippen LogP contribution is 2.32. The molecule has 1 saturated heterocycles. The Morgan fingerprint density at radius 3 is 2.59 bits per heavy atom. The minimum absolute atomic E-state index is 0.105. The Hall–Kier alpha value is -0.410. The first kappa shape index (κ1) is 13.0. The number of carbonyl (C=O) groups excluding carboxylic acids is 1. The molecule has 1 heterocycles. The minimum atomic E-state index is 0.105. The number of carbonyl (C=O) groups is 1. The molecule has 2 aliphatic rings. The lowest BCUT2D eigenvalue weighted by atomic mass is 9.77. The number of rotatable bonds is 4. The van der Waals surface area contributed by atoms with Gasteiger partial charge in [-0.25, -0.2) is 0 Å². The van der Waals surface area contributed by atoms with Crippen molar-refractivity contribution in [3.05, 3.63) is 0 Å². The van der Waals surface area contributed by atoms with Crippen LogP contribution in [-0.4, -0.2) is 31.6 Å². The van der Waals surface area contributed by atoms with E-state index in [4.69, 9.17) is 4.74 Å². The molecular weight excluding hydrogens is 214 g/mol. The van der Waals surface area contributed by atoms with Crippen LogP contribution in [0.25, 0.3) is 0 Å². The molecule has 0 radical (unpaired) electrons. The second-order valence-corrected chi connectivity index (χ2v) is 5.67. The summed E-state index contributed by atoms with van der Waals surface area (Å²) in [6, 6.07) is 0.256. The Bertz CT molecular complexity index is 259. The molecule has 0 amide bonds. The predicted molar refractivity (Wildman–Crippen MR) is 67.9 cm³/mol. The molecule has 1 aliphatic heterocycles. The lowest BCUT2D eigenvalue weighted by Crippen LogP contribution is -2.41. The summed E-state index contributed by atoms with van der Waals surface area (Å²) in [7, 11) is 0. The van der Waals surface area contributed by atoms with Gasteiger partial charge in [-0.3, -0.25) is 4.79 Å². The third-order valence-corrected chi connectivity index (χ3v) is 4.33. The summed E-state index contributed by atoms with van der Waals surface area (Å²) in [6.45, 7) is 6.62. The van der Waals surface area contributed by atoms with E-state index in [0.29, 0.717) is 24.9 Å². The fourth-order valence-corrected chi connectivity index (χ4v) is 3.15. The van der Waals surface area contributed by atoms with Crippen molar-refractivity contribution in [2.24, 2.45) is 17.8 Å². The van der Waals surface area contributed by atoms with E-state index in [1.807, 2.05) is 0 Å². The zero-order valence-electron chi connectivity index (χ0n) is 11.1. The number of likely N-dealkylation sites (N-methyl/N-ethyl adjacent to an activating group) is 1. The lowest BCUT2D eigenvalue weighted by Gasteiger charge is -2.28. The molecule has 2 unspecified atom stereocenters. The molecule has 3 heteroatoms. The van der Waals surface area contributed by atoms with Gasteiger partial charge in [0, 0.05) is 12.0 Å². The van der Waals surface area contributed by atoms with E-state index >= 15 is 0 Å². The molecular formula is C14H25NO2. The molecule has 0 aromatic heterocycles. The van der Waals surface area contributed by atoms with Crippen LogP contribution in [0.2, 0.25) is 0 Å². The number of ether oxygens (including phenoxy) is 1. The van der Waals surface area contributed by atoms with Crippen LogP contribution in [0.3, 0.4) is 0 Å². The van der Waals surface area contributed by atoms with Crippen molar-refractivity contribution in [2.75, 3.05) is 19.8 Å². The highest BCUT2D eigenvalue weighted by molar-refractivity contribution is 5.84. The quantitative estimate of drug-likeness (QED) is 0.815. The third kappa shape index (κ3) is 3.08. The zero-order valence-corrected chi connectivity index (χ0v) is 11.1. The number of hydrogen-bond donors (Lipinski definition) is 1. The number of hydrogen-bond acceptors (Lipinski definition) is 3. The van der Waals surface area contributed by atoms with E-state index in [1.165, 1.54) is 12.8 Å². The van der Waals surface area contributed by atoms with Crippen LogP contribution in [-0.2, 0) is 9.53 Å². The van der Waals surface area contributed by atoms with Crippen LogP contribution in [0.15, 0.2) is 0 Å². The molecule has 2 rings (SSSR count). The minimum Gasteiger partial charge on any atom is -0.379 e. The van der Waals surface area contributed by atoms with E-state index in [2.05, 4.69) is 19.2 Å². The molecule has 1 saturated carbocycles. The molecule has 17 heavy (non-hydrogen) atoms. The van der Waals surface area contributed by atoms with Crippen LogP contribution < -0.4 is 5.32 Å². The Kier molecular flexibility index (Phi) is 4.57. The van der Waals surface area contributed by atoms with Gasteiger partial charge in [0.25, 0.3) is 0 Å². The summed E-state index contributed by atoms with van der Waals surface area (Å²) < 4.78 is 5.47. The van der Waals surface area contributed by atoms with Crippen molar-refractivity contribution < 1.29 is 9.53 Å². The normalized spacial score (nSPS) is 38.2. The Balaban J connectivity index is 1.90. The number of ketones is 1. The molecule has 98 valence electrons. The van der Waals surface area contributed by atoms with E-state index in [9.17, 15) is 4.79 Å². The summed E-state index contributed by atoms with van der Waals surface area (Å²) >= 11 is 0. The highest BCUT2D eigenvalue weighted by Gasteiger charge is 2.37. The fraction of sp³-hybridized carbons (Fsp3) is 0.929. The van der Waals surface area contributed by atoms with Gasteiger partial charge < -0.3 is 10.1 Å². The van der Waals surface area contributed by atoms with E-state index in [1.54, 1.807) is 0 Å². The second kappa shape index (κ2) is 5.96. The van der Waals surface area contributed by atoms with Crippen molar-refractivity contribution in [1.82, 2.24) is 5.32 Å². The topological polar surface area (TPSA) is 38.3 Å². The molecule has 3 nitrogen and oxygen atoms in total. The molecule has 0 aromatic carbocycles. The average molecular weight is 239 g/mol. The van der Waals surface area contributed by atoms with Crippen LogP contribution in [0.4, 0.5) is 0 Å². The van der Waals surface area contributed by atoms with Gasteiger partial charge in [-0.1, -0.05) is 26.7 Å². The number of Topliss-reactive ketones (excluding diaryl/α,β-unsaturated/α-hetero) is 1. The van der Waals surface area contributed by atoms with Gasteiger partial charge in [-0.2, -0.15) is 0 Å². The monoisotopic (exact) mass is 239 g/mol. The lowest BCUT2D eigenvalue weighted by molar-refractivity contribution is -0.128. The molecule has 2 atom stereocenters. The second-order valence-electron chi connectivity index (χ2n) is 5.67. The molecule has 0 aromatic rings. The standard InChI is InChI=1S/C14H25NO2/c1-3-15-13-9-17-8-12(13)14(16)11-6-4-10(2)5-7-11/h10-13,15H,3-9H2,1-2H3. The van der Waals surface area contributed by atoms with E-state index in [-0.39, 0.29) is 12.0 Å². The summed E-state index contributed by atoms with van der Waals surface area (Å²) in [6.07, 6.45) is 4.62. The van der Waals surface area contributed by atoms with Gasteiger partial charge in [0.1, 0.15) is 5.78 Å². The Morgan fingerprint density at radius 1 is 1.24 bits per heavy atom. The first-order valence-electron chi connectivity index (χ1n) is 7.07. The van der Waals surface area contributed by atoms with Gasteiger partial charge in [0.15, 0.2) is 0 Å². The maximum atomic E-state index is 12.5. The maximum absolute atomic E-state index is 12.5. The molecule has 1 N–H and O–H groups in total. The van der Waals surface area contributed by atoms with Gasteiger partial charge in [0.05, 0.1) is 19.1 Å². The molecule has 1 aliphatic carbocycles. The fourth-order valence-electron chi connectivity index (χ4n) is 3.15. The van der Waals surface area contributed by atoms with E-state index in [0.717, 1.165) is 25.3 Å². The first-order chi connectivity index (χ1) is 8.22. The van der Waals surface area contributed by atoms with Gasteiger partial charge in [-0.05, 0) is 25.3 Å². The van der Waals surface area contributed by atoms with Crippen molar-refractivity contribution in [3.8, 4) is 0 Å². The summed E-state index contributed by atoms with van der Waals surface area (Å²) in [4.78, 5) is 12.5. The Labute approximate surface area is 104 Å². The molecule has 0 bridgehead atoms. The smallest absolute Gasteiger partial charge is 0.142 e. The third-order valence-electron chi connectivity index (χ3n) is 4.33. The maximum Gasteiger partial charge on any atom is 0.142 e. The first-order valence-corrected chi connectivity index (χ1v) is 7.07. The highest BCUT2D eigenvalue weighted by atomic mass is 16.5.